The molecule has 0 aromatic heterocycles. The Hall–Kier alpha value is -1.81. The molecule has 2 aromatic carbocycles. The third kappa shape index (κ3) is 5.35. The Morgan fingerprint density at radius 1 is 1.04 bits per heavy atom. The molecule has 0 aliphatic rings. The van der Waals surface area contributed by atoms with Crippen LogP contribution in [0.25, 0.3) is 0 Å². The number of nitrogens with zero attached hydrogens (tertiary/aromatic N) is 1. The number of aliphatic hydroxyl groups excluding tert-OH is 1. The zero-order valence-electron chi connectivity index (χ0n) is 16.8. The number of ether oxygens (including phenoxy) is 1. The molecule has 0 saturated carbocycles. The average Bonchev–Trinajstić information content (AvgIpc) is 2.67. The van der Waals surface area contributed by atoms with E-state index in [1.54, 1.807) is 43.5 Å². The molecular weight excluding hydrogens is 361 g/mol. The lowest BCUT2D eigenvalue weighted by atomic mass is 10.2. The van der Waals surface area contributed by atoms with Crippen LogP contribution in [0.5, 0.6) is 5.75 Å². The van der Waals surface area contributed by atoms with Gasteiger partial charge in [0.25, 0.3) is 7.37 Å². The van der Waals surface area contributed by atoms with E-state index in [0.29, 0.717) is 29.1 Å². The first-order chi connectivity index (χ1) is 12.8. The summed E-state index contributed by atoms with van der Waals surface area (Å²) >= 11 is 0. The summed E-state index contributed by atoms with van der Waals surface area (Å²) in [6.07, 6.45) is 0.773. The van der Waals surface area contributed by atoms with E-state index in [1.165, 1.54) is 0 Å². The summed E-state index contributed by atoms with van der Waals surface area (Å²) in [4.78, 5) is 1.97. The molecule has 0 saturated heterocycles. The first kappa shape index (κ1) is 21.5. The summed E-state index contributed by atoms with van der Waals surface area (Å²) in [7, 11) is 1.95. The molecule has 2 atom stereocenters. The fourth-order valence-electron chi connectivity index (χ4n) is 2.64. The predicted molar refractivity (Wildman–Crippen MR) is 111 cm³/mol. The van der Waals surface area contributed by atoms with Crippen LogP contribution in [0.4, 0.5) is 5.69 Å². The lowest BCUT2D eigenvalue weighted by Gasteiger charge is -2.25. The Kier molecular flexibility index (Phi) is 7.49. The summed E-state index contributed by atoms with van der Waals surface area (Å²) < 4.78 is 24.8. The fourth-order valence-corrected chi connectivity index (χ4v) is 4.72. The van der Waals surface area contributed by atoms with E-state index >= 15 is 0 Å². The summed E-state index contributed by atoms with van der Waals surface area (Å²) in [6.45, 7) is 4.50. The Bertz CT molecular complexity index is 757. The number of benzene rings is 2. The van der Waals surface area contributed by atoms with Gasteiger partial charge in [0.15, 0.2) is 5.85 Å². The Balaban J connectivity index is 2.36. The number of hydrogen-bond donors (Lipinski definition) is 1. The zero-order chi connectivity index (χ0) is 20.0. The van der Waals surface area contributed by atoms with Gasteiger partial charge in [-0.05, 0) is 54.3 Å². The topological polar surface area (TPSA) is 59.0 Å². The SMILES string of the molecule is COc1ccc([C@H](O)[P@@](=O)(OCCC(C)C)c2ccc(N(C)C)cc2)cc1. The first-order valence-electron chi connectivity index (χ1n) is 9.12. The van der Waals surface area contributed by atoms with Gasteiger partial charge in [-0.1, -0.05) is 26.0 Å². The highest BCUT2D eigenvalue weighted by atomic mass is 31.2. The lowest BCUT2D eigenvalue weighted by Crippen LogP contribution is -2.16. The molecule has 2 aromatic rings. The zero-order valence-corrected chi connectivity index (χ0v) is 17.6. The highest BCUT2D eigenvalue weighted by Gasteiger charge is 2.36. The van der Waals surface area contributed by atoms with Crippen LogP contribution < -0.4 is 14.9 Å². The molecule has 0 spiro atoms. The summed E-state index contributed by atoms with van der Waals surface area (Å²) in [5.74, 6) is -0.134. The van der Waals surface area contributed by atoms with Gasteiger partial charge in [-0.25, -0.2) is 0 Å². The van der Waals surface area contributed by atoms with Crippen molar-refractivity contribution in [3.05, 3.63) is 54.1 Å². The van der Waals surface area contributed by atoms with E-state index < -0.39 is 13.2 Å². The molecule has 0 amide bonds. The van der Waals surface area contributed by atoms with Crippen molar-refractivity contribution in [2.75, 3.05) is 32.7 Å². The molecule has 2 rings (SSSR count). The molecule has 0 aliphatic carbocycles. The van der Waals surface area contributed by atoms with Gasteiger partial charge in [-0.3, -0.25) is 4.57 Å². The average molecular weight is 391 g/mol. The van der Waals surface area contributed by atoms with Gasteiger partial charge < -0.3 is 19.3 Å². The largest absolute Gasteiger partial charge is 0.497 e. The van der Waals surface area contributed by atoms with Gasteiger partial charge in [0, 0.05) is 25.1 Å². The fraction of sp³-hybridized carbons (Fsp3) is 0.429. The molecule has 148 valence electrons. The second-order valence-corrected chi connectivity index (χ2v) is 9.63. The molecule has 1 N–H and O–H groups in total. The monoisotopic (exact) mass is 391 g/mol. The number of aliphatic hydroxyl groups is 1. The molecule has 27 heavy (non-hydrogen) atoms. The molecule has 0 bridgehead atoms. The third-order valence-corrected chi connectivity index (χ3v) is 6.97. The van der Waals surface area contributed by atoms with Gasteiger partial charge in [0.2, 0.25) is 0 Å². The van der Waals surface area contributed by atoms with E-state index in [2.05, 4.69) is 13.8 Å². The van der Waals surface area contributed by atoms with Crippen molar-refractivity contribution < 1.29 is 18.9 Å². The lowest BCUT2D eigenvalue weighted by molar-refractivity contribution is 0.209. The second-order valence-electron chi connectivity index (χ2n) is 7.17. The minimum atomic E-state index is -3.52. The number of anilines is 1. The highest BCUT2D eigenvalue weighted by Crippen LogP contribution is 2.58. The molecule has 0 radical (unpaired) electrons. The predicted octanol–water partition coefficient (Wildman–Crippen LogP) is 4.42. The standard InChI is InChI=1S/C21H30NO4P/c1-16(2)14-15-26-27(24,20-12-8-18(9-13-20)22(3)4)21(23)17-6-10-19(25-5)11-7-17/h6-13,16,21,23H,14-15H2,1-5H3/t21-,27+/m1/s1. The Morgan fingerprint density at radius 3 is 2.11 bits per heavy atom. The van der Waals surface area contributed by atoms with Gasteiger partial charge in [0.1, 0.15) is 5.75 Å². The molecule has 5 nitrogen and oxygen atoms in total. The van der Waals surface area contributed by atoms with Gasteiger partial charge in [0.05, 0.1) is 13.7 Å². The van der Waals surface area contributed by atoms with Crippen LogP contribution in [0, 0.1) is 5.92 Å². The highest BCUT2D eigenvalue weighted by molar-refractivity contribution is 7.67. The van der Waals surface area contributed by atoms with Crippen molar-refractivity contribution in [1.29, 1.82) is 0 Å². The minimum Gasteiger partial charge on any atom is -0.497 e. The number of rotatable bonds is 9. The van der Waals surface area contributed by atoms with Crippen molar-refractivity contribution in [3.8, 4) is 5.75 Å². The maximum absolute atomic E-state index is 13.8. The number of methoxy groups -OCH3 is 1. The van der Waals surface area contributed by atoms with E-state index in [4.69, 9.17) is 9.26 Å². The maximum atomic E-state index is 13.8. The van der Waals surface area contributed by atoms with Gasteiger partial charge in [-0.15, -0.1) is 0 Å². The molecule has 0 heterocycles. The Labute approximate surface area is 162 Å². The van der Waals surface area contributed by atoms with E-state index in [9.17, 15) is 9.67 Å². The number of hydrogen-bond acceptors (Lipinski definition) is 5. The van der Waals surface area contributed by atoms with Crippen molar-refractivity contribution in [2.24, 2.45) is 5.92 Å². The van der Waals surface area contributed by atoms with Crippen LogP contribution in [0.2, 0.25) is 0 Å². The van der Waals surface area contributed by atoms with E-state index in [-0.39, 0.29) is 0 Å². The summed E-state index contributed by atoms with van der Waals surface area (Å²) in [5.41, 5.74) is 1.53. The third-order valence-electron chi connectivity index (χ3n) is 4.44. The first-order valence-corrected chi connectivity index (χ1v) is 10.8. The van der Waals surface area contributed by atoms with Crippen molar-refractivity contribution in [2.45, 2.75) is 26.1 Å². The van der Waals surface area contributed by atoms with Crippen molar-refractivity contribution >= 4 is 18.4 Å². The van der Waals surface area contributed by atoms with Gasteiger partial charge >= 0.3 is 0 Å². The second kappa shape index (κ2) is 9.41. The molecule has 6 heteroatoms. The van der Waals surface area contributed by atoms with E-state index in [1.807, 2.05) is 31.1 Å². The van der Waals surface area contributed by atoms with Crippen molar-refractivity contribution in [3.63, 3.8) is 0 Å². The molecule has 0 aliphatic heterocycles. The van der Waals surface area contributed by atoms with E-state index in [0.717, 1.165) is 12.1 Å². The smallest absolute Gasteiger partial charge is 0.264 e. The van der Waals surface area contributed by atoms with Gasteiger partial charge in [-0.2, -0.15) is 0 Å². The summed E-state index contributed by atoms with van der Waals surface area (Å²) in [5, 5.41) is 11.5. The van der Waals surface area contributed by atoms with Crippen LogP contribution >= 0.6 is 7.37 Å². The molecule has 0 unspecified atom stereocenters. The summed E-state index contributed by atoms with van der Waals surface area (Å²) in [6, 6.07) is 14.2. The van der Waals surface area contributed by atoms with Crippen LogP contribution in [0.1, 0.15) is 31.7 Å². The van der Waals surface area contributed by atoms with Crippen molar-refractivity contribution in [1.82, 2.24) is 0 Å². The molecular formula is C21H30NO4P. The maximum Gasteiger partial charge on any atom is 0.264 e. The van der Waals surface area contributed by atoms with Crippen LogP contribution in [0.3, 0.4) is 0 Å². The molecule has 0 fully saturated rings. The van der Waals surface area contributed by atoms with Crippen LogP contribution in [-0.4, -0.2) is 32.9 Å². The normalized spacial score (nSPS) is 14.6. The minimum absolute atomic E-state index is 0.331. The Morgan fingerprint density at radius 2 is 1.63 bits per heavy atom. The van der Waals surface area contributed by atoms with Crippen LogP contribution in [0.15, 0.2) is 48.5 Å². The van der Waals surface area contributed by atoms with Crippen LogP contribution in [-0.2, 0) is 9.09 Å². The quantitative estimate of drug-likeness (QED) is 0.642.